The van der Waals surface area contributed by atoms with Crippen molar-refractivity contribution in [2.75, 3.05) is 20.8 Å². The zero-order valence-corrected chi connectivity index (χ0v) is 8.06. The highest BCUT2D eigenvalue weighted by molar-refractivity contribution is 5.19. The zero-order valence-electron chi connectivity index (χ0n) is 8.06. The van der Waals surface area contributed by atoms with Crippen LogP contribution in [0, 0.1) is 17.8 Å². The fourth-order valence-electron chi connectivity index (χ4n) is 2.82. The van der Waals surface area contributed by atoms with E-state index in [1.54, 1.807) is 14.2 Å². The summed E-state index contributed by atoms with van der Waals surface area (Å²) < 4.78 is 10.9. The Labute approximate surface area is 78.3 Å². The van der Waals surface area contributed by atoms with Crippen LogP contribution in [-0.2, 0) is 9.47 Å². The third-order valence-electron chi connectivity index (χ3n) is 3.47. The van der Waals surface area contributed by atoms with Gasteiger partial charge in [0, 0.05) is 32.7 Å². The number of hydrogen-bond acceptors (Lipinski definition) is 3. The van der Waals surface area contributed by atoms with Crippen molar-refractivity contribution < 1.29 is 14.6 Å². The van der Waals surface area contributed by atoms with Crippen molar-refractivity contribution in [2.45, 2.75) is 12.2 Å². The molecule has 2 aliphatic carbocycles. The van der Waals surface area contributed by atoms with Crippen molar-refractivity contribution in [3.05, 3.63) is 12.2 Å². The Balaban J connectivity index is 2.26. The van der Waals surface area contributed by atoms with E-state index in [-0.39, 0.29) is 12.5 Å². The lowest BCUT2D eigenvalue weighted by molar-refractivity contribution is -0.232. The minimum atomic E-state index is -0.493. The molecule has 0 saturated heterocycles. The van der Waals surface area contributed by atoms with Crippen LogP contribution < -0.4 is 0 Å². The molecular formula is C10H16O3. The molecule has 1 fully saturated rings. The lowest BCUT2D eigenvalue weighted by Crippen LogP contribution is -2.40. The first kappa shape index (κ1) is 9.19. The van der Waals surface area contributed by atoms with Crippen LogP contribution in [0.3, 0.4) is 0 Å². The molecule has 2 bridgehead atoms. The monoisotopic (exact) mass is 184 g/mol. The number of hydrogen-bond donors (Lipinski definition) is 1. The summed E-state index contributed by atoms with van der Waals surface area (Å²) in [6.07, 6.45) is 5.23. The molecule has 1 N–H and O–H groups in total. The Kier molecular flexibility index (Phi) is 2.18. The van der Waals surface area contributed by atoms with Crippen LogP contribution in [0.25, 0.3) is 0 Å². The Morgan fingerprint density at radius 1 is 1.38 bits per heavy atom. The van der Waals surface area contributed by atoms with E-state index < -0.39 is 5.79 Å². The molecule has 3 nitrogen and oxygen atoms in total. The number of aliphatic hydroxyl groups is 1. The summed E-state index contributed by atoms with van der Waals surface area (Å²) in [7, 11) is 3.35. The third kappa shape index (κ3) is 1.01. The molecule has 0 aromatic heterocycles. The van der Waals surface area contributed by atoms with Gasteiger partial charge in [-0.2, -0.15) is 0 Å². The highest BCUT2D eigenvalue weighted by atomic mass is 16.7. The normalized spacial score (nSPS) is 40.1. The van der Waals surface area contributed by atoms with Gasteiger partial charge in [-0.3, -0.25) is 0 Å². The van der Waals surface area contributed by atoms with Gasteiger partial charge >= 0.3 is 0 Å². The van der Waals surface area contributed by atoms with Crippen LogP contribution in [0.15, 0.2) is 12.2 Å². The Hall–Kier alpha value is -0.380. The summed E-state index contributed by atoms with van der Waals surface area (Å²) in [6, 6.07) is 0. The largest absolute Gasteiger partial charge is 0.396 e. The van der Waals surface area contributed by atoms with Gasteiger partial charge in [0.15, 0.2) is 5.79 Å². The van der Waals surface area contributed by atoms with Crippen molar-refractivity contribution in [2.24, 2.45) is 17.8 Å². The maximum absolute atomic E-state index is 9.17. The predicted molar refractivity (Wildman–Crippen MR) is 48.1 cm³/mol. The second kappa shape index (κ2) is 3.08. The van der Waals surface area contributed by atoms with Gasteiger partial charge in [0.05, 0.1) is 0 Å². The first-order valence-electron chi connectivity index (χ1n) is 4.68. The Bertz CT molecular complexity index is 220. The molecule has 3 heteroatoms. The van der Waals surface area contributed by atoms with Gasteiger partial charge in [0.2, 0.25) is 0 Å². The molecule has 3 unspecified atom stereocenters. The molecular weight excluding hydrogens is 168 g/mol. The summed E-state index contributed by atoms with van der Waals surface area (Å²) >= 11 is 0. The molecule has 0 aliphatic heterocycles. The highest BCUT2D eigenvalue weighted by Gasteiger charge is 2.57. The summed E-state index contributed by atoms with van der Waals surface area (Å²) in [6.45, 7) is 0.222. The van der Waals surface area contributed by atoms with E-state index in [9.17, 15) is 0 Å². The maximum atomic E-state index is 9.17. The third-order valence-corrected chi connectivity index (χ3v) is 3.47. The van der Waals surface area contributed by atoms with E-state index in [2.05, 4.69) is 12.2 Å². The summed E-state index contributed by atoms with van der Waals surface area (Å²) in [5.74, 6) is 0.338. The molecule has 0 heterocycles. The predicted octanol–water partition coefficient (Wildman–Crippen LogP) is 0.790. The van der Waals surface area contributed by atoms with Crippen molar-refractivity contribution in [3.8, 4) is 0 Å². The smallest absolute Gasteiger partial charge is 0.180 e. The summed E-state index contributed by atoms with van der Waals surface area (Å²) in [5.41, 5.74) is 0. The molecule has 0 spiro atoms. The summed E-state index contributed by atoms with van der Waals surface area (Å²) in [5, 5.41) is 9.17. The average molecular weight is 184 g/mol. The van der Waals surface area contributed by atoms with Crippen LogP contribution >= 0.6 is 0 Å². The Morgan fingerprint density at radius 3 is 2.46 bits per heavy atom. The maximum Gasteiger partial charge on any atom is 0.180 e. The molecule has 13 heavy (non-hydrogen) atoms. The quantitative estimate of drug-likeness (QED) is 0.520. The van der Waals surface area contributed by atoms with Crippen LogP contribution in [-0.4, -0.2) is 31.7 Å². The van der Waals surface area contributed by atoms with Crippen molar-refractivity contribution in [3.63, 3.8) is 0 Å². The standard InChI is InChI=1S/C10H16O3/c1-12-10(13-2)8-3-4-9(10)7(5-8)6-11/h3-4,7-9,11H,5-6H2,1-2H3. The minimum Gasteiger partial charge on any atom is -0.396 e. The first-order valence-corrected chi connectivity index (χ1v) is 4.68. The molecule has 0 amide bonds. The topological polar surface area (TPSA) is 38.7 Å². The zero-order chi connectivity index (χ0) is 9.47. The second-order valence-corrected chi connectivity index (χ2v) is 3.83. The number of fused-ring (bicyclic) bond motifs is 2. The first-order chi connectivity index (χ1) is 6.28. The van der Waals surface area contributed by atoms with E-state index in [0.29, 0.717) is 11.8 Å². The average Bonchev–Trinajstić information content (AvgIpc) is 2.69. The van der Waals surface area contributed by atoms with E-state index in [0.717, 1.165) is 6.42 Å². The molecule has 0 radical (unpaired) electrons. The van der Waals surface area contributed by atoms with Crippen LogP contribution in [0.4, 0.5) is 0 Å². The van der Waals surface area contributed by atoms with Crippen LogP contribution in [0.2, 0.25) is 0 Å². The van der Waals surface area contributed by atoms with Gasteiger partial charge in [0.25, 0.3) is 0 Å². The van der Waals surface area contributed by atoms with Gasteiger partial charge < -0.3 is 14.6 Å². The Morgan fingerprint density at radius 2 is 2.08 bits per heavy atom. The number of aliphatic hydroxyl groups excluding tert-OH is 1. The molecule has 3 atom stereocenters. The number of ether oxygens (including phenoxy) is 2. The van der Waals surface area contributed by atoms with E-state index >= 15 is 0 Å². The van der Waals surface area contributed by atoms with Crippen molar-refractivity contribution >= 4 is 0 Å². The van der Waals surface area contributed by atoms with E-state index in [1.807, 2.05) is 0 Å². The molecule has 2 aliphatic rings. The van der Waals surface area contributed by atoms with Crippen molar-refractivity contribution in [1.29, 1.82) is 0 Å². The van der Waals surface area contributed by atoms with Crippen molar-refractivity contribution in [1.82, 2.24) is 0 Å². The van der Waals surface area contributed by atoms with Gasteiger partial charge in [-0.05, 0) is 12.3 Å². The lowest BCUT2D eigenvalue weighted by Gasteiger charge is -2.32. The molecule has 1 saturated carbocycles. The molecule has 0 aromatic carbocycles. The van der Waals surface area contributed by atoms with Gasteiger partial charge in [-0.25, -0.2) is 0 Å². The van der Waals surface area contributed by atoms with E-state index in [1.165, 1.54) is 0 Å². The van der Waals surface area contributed by atoms with Gasteiger partial charge in [-0.15, -0.1) is 0 Å². The summed E-state index contributed by atoms with van der Waals surface area (Å²) in [4.78, 5) is 0. The molecule has 2 rings (SSSR count). The fraction of sp³-hybridized carbons (Fsp3) is 0.800. The van der Waals surface area contributed by atoms with Crippen LogP contribution in [0.1, 0.15) is 6.42 Å². The fourth-order valence-corrected chi connectivity index (χ4v) is 2.82. The molecule has 74 valence electrons. The SMILES string of the molecule is COC1(OC)C2C=CC1C(CO)C2. The lowest BCUT2D eigenvalue weighted by atomic mass is 9.94. The van der Waals surface area contributed by atoms with Gasteiger partial charge in [-0.1, -0.05) is 12.2 Å². The van der Waals surface area contributed by atoms with Gasteiger partial charge in [0.1, 0.15) is 0 Å². The van der Waals surface area contributed by atoms with Crippen LogP contribution in [0.5, 0.6) is 0 Å². The highest BCUT2D eigenvalue weighted by Crippen LogP contribution is 2.52. The number of rotatable bonds is 3. The molecule has 0 aromatic rings. The second-order valence-electron chi connectivity index (χ2n) is 3.83. The van der Waals surface area contributed by atoms with E-state index in [4.69, 9.17) is 14.6 Å². The number of methoxy groups -OCH3 is 2. The minimum absolute atomic E-state index is 0.220.